The molecule has 344 valence electrons. The SMILES string of the molecule is [2H]c1c([2H])c([2H])c(-c2cccc(-c3c([2H])c([2H])c([2H])c([2H])c3[2H])c2-[n+]2[c-]n(-c3[c-]c(Oc4[c-]c5c(cc4)c4cc(-n6c7c([2H])c([2H])c([2H])c([2H])c7c7c([2H])c([2H])c([2H])c([2H])c76)ccc4n5-c4cc(CC(C)C)ccn4)ccc3)c3ccccc32)c([2H])c1[2H].[Pt]. The van der Waals surface area contributed by atoms with Crippen molar-refractivity contribution in [3.8, 4) is 56.6 Å². The number of para-hydroxylation sites is 5. The van der Waals surface area contributed by atoms with E-state index in [1.54, 1.807) is 88.1 Å². The standard InChI is InChI=1S/C64H45N5O.Pt/c1-43(2)37-44-35-36-65-63(38-44)69-59-34-31-48(68-57-27-11-9-23-53(57)54-24-10-12-28-58(54)68)40-56(59)55-33-32-50(41-62(55)69)70-49-22-15-21-47(39-49)66-42-67(61-30-14-13-29-60(61)66)64-51(45-17-5-3-6-18-45)25-16-26-52(64)46-19-7-4-8-20-46;/h3-36,38,40,43H,37H2,1-2H3;/q-2;/i3D,4D,5D,6D,7D,8D,9D,10D,11D,12D,17D,18D,19D,20D,23D,24D,27D,28D;. The molecule has 6 nitrogen and oxygen atoms in total. The molecule has 71 heavy (non-hydrogen) atoms. The molecule has 0 spiro atoms. The van der Waals surface area contributed by atoms with Crippen LogP contribution in [-0.2, 0) is 27.5 Å². The minimum Gasteiger partial charge on any atom is -0.510 e. The van der Waals surface area contributed by atoms with E-state index in [-0.39, 0.29) is 82.3 Å². The minimum absolute atomic E-state index is 0. The van der Waals surface area contributed by atoms with E-state index in [1.807, 2.05) is 28.8 Å². The number of hydrogen-bond donors (Lipinski definition) is 0. The zero-order chi connectivity index (χ0) is 62.4. The van der Waals surface area contributed by atoms with Gasteiger partial charge in [-0.05, 0) is 93.6 Å². The van der Waals surface area contributed by atoms with Crippen LogP contribution in [0.1, 0.15) is 44.1 Å². The molecule has 0 amide bonds. The molecule has 0 saturated heterocycles. The third-order valence-corrected chi connectivity index (χ3v) is 12.2. The number of hydrogen-bond acceptors (Lipinski definition) is 2. The summed E-state index contributed by atoms with van der Waals surface area (Å²) in [6.45, 7) is 4.24. The molecule has 0 aliphatic carbocycles. The first-order chi connectivity index (χ1) is 42.0. The maximum atomic E-state index is 9.14. The molecular weight excluding hydrogens is 1050 g/mol. The molecule has 0 radical (unpaired) electrons. The van der Waals surface area contributed by atoms with Crippen molar-refractivity contribution in [1.82, 2.24) is 18.7 Å². The first kappa shape index (κ1) is 28.4. The smallest absolute Gasteiger partial charge is 0.268 e. The van der Waals surface area contributed by atoms with Crippen LogP contribution in [0.4, 0.5) is 0 Å². The molecular formula is C64H45N5OPt-2. The normalized spacial score (nSPS) is 15.1. The Hall–Kier alpha value is -8.31. The van der Waals surface area contributed by atoms with Gasteiger partial charge in [0.05, 0.1) is 52.4 Å². The minimum atomic E-state index is -0.613. The molecule has 13 aromatic rings. The summed E-state index contributed by atoms with van der Waals surface area (Å²) in [7, 11) is 0. The van der Waals surface area contributed by atoms with Gasteiger partial charge >= 0.3 is 0 Å². The second-order valence-electron chi connectivity index (χ2n) is 17.0. The van der Waals surface area contributed by atoms with Gasteiger partial charge in [0.1, 0.15) is 5.82 Å². The van der Waals surface area contributed by atoms with Crippen LogP contribution in [-0.4, -0.2) is 18.7 Å². The summed E-state index contributed by atoms with van der Waals surface area (Å²) in [5.41, 5.74) is 3.82. The van der Waals surface area contributed by atoms with E-state index in [0.29, 0.717) is 55.9 Å². The quantitative estimate of drug-likeness (QED) is 0.101. The molecule has 9 aromatic carbocycles. The molecule has 7 heteroatoms. The van der Waals surface area contributed by atoms with Crippen LogP contribution in [0.15, 0.2) is 218 Å². The zero-order valence-electron chi connectivity index (χ0n) is 55.6. The van der Waals surface area contributed by atoms with Crippen molar-refractivity contribution < 1.29 is 55.0 Å². The Labute approximate surface area is 451 Å². The number of benzene rings is 9. The number of nitrogens with zero attached hydrogens (tertiary/aromatic N) is 5. The van der Waals surface area contributed by atoms with Gasteiger partial charge in [0, 0.05) is 60.7 Å². The average Bonchev–Trinajstić information content (AvgIpc) is 1.61. The van der Waals surface area contributed by atoms with E-state index >= 15 is 0 Å². The molecule has 0 fully saturated rings. The Balaban J connectivity index is 0.00000769. The molecule has 0 saturated carbocycles. The third-order valence-electron chi connectivity index (χ3n) is 12.2. The van der Waals surface area contributed by atoms with Crippen molar-refractivity contribution in [3.63, 3.8) is 0 Å². The molecule has 4 heterocycles. The molecule has 0 aliphatic rings. The third kappa shape index (κ3) is 7.72. The summed E-state index contributed by atoms with van der Waals surface area (Å²) >= 11 is 0. The van der Waals surface area contributed by atoms with E-state index in [4.69, 9.17) is 34.4 Å². The zero-order valence-corrected chi connectivity index (χ0v) is 39.9. The van der Waals surface area contributed by atoms with Crippen LogP contribution in [0.3, 0.4) is 0 Å². The van der Waals surface area contributed by atoms with Gasteiger partial charge in [0.2, 0.25) is 0 Å². The maximum Gasteiger partial charge on any atom is 0.268 e. The summed E-state index contributed by atoms with van der Waals surface area (Å²) in [5.74, 6) is 1.36. The number of pyridine rings is 1. The molecule has 0 unspecified atom stereocenters. The molecule has 13 rings (SSSR count). The van der Waals surface area contributed by atoms with E-state index in [1.165, 1.54) is 10.6 Å². The fraction of sp³-hybridized carbons (Fsp3) is 0.0625. The van der Waals surface area contributed by atoms with Crippen LogP contribution < -0.4 is 9.30 Å². The van der Waals surface area contributed by atoms with Crippen molar-refractivity contribution in [3.05, 3.63) is 242 Å². The van der Waals surface area contributed by atoms with Crippen LogP contribution in [0.2, 0.25) is 0 Å². The largest absolute Gasteiger partial charge is 0.510 e. The van der Waals surface area contributed by atoms with Gasteiger partial charge in [-0.2, -0.15) is 18.2 Å². The van der Waals surface area contributed by atoms with Crippen molar-refractivity contribution in [2.75, 3.05) is 0 Å². The summed E-state index contributed by atoms with van der Waals surface area (Å²) < 4.78 is 171. The fourth-order valence-electron chi connectivity index (χ4n) is 9.32. The number of fused-ring (bicyclic) bond motifs is 7. The van der Waals surface area contributed by atoms with Gasteiger partial charge in [-0.15, -0.1) is 29.7 Å². The topological polar surface area (TPSA) is 40.8 Å². The summed E-state index contributed by atoms with van der Waals surface area (Å²) in [6, 6.07) is 27.0. The van der Waals surface area contributed by atoms with Crippen molar-refractivity contribution in [2.45, 2.75) is 20.3 Å². The molecule has 0 bridgehead atoms. The molecule has 0 aliphatic heterocycles. The molecule has 0 atom stereocenters. The Bertz CT molecular complexity index is 4990. The van der Waals surface area contributed by atoms with Crippen LogP contribution in [0.5, 0.6) is 11.5 Å². The maximum absolute atomic E-state index is 9.14. The predicted octanol–water partition coefficient (Wildman–Crippen LogP) is 15.2. The summed E-state index contributed by atoms with van der Waals surface area (Å²) in [6.07, 6.45) is 5.86. The first-order valence-electron chi connectivity index (χ1n) is 31.4. The molecule has 4 aromatic heterocycles. The van der Waals surface area contributed by atoms with Crippen molar-refractivity contribution >= 4 is 54.6 Å². The van der Waals surface area contributed by atoms with Gasteiger partial charge in [-0.1, -0.05) is 159 Å². The summed E-state index contributed by atoms with van der Waals surface area (Å²) in [4.78, 5) is 4.84. The van der Waals surface area contributed by atoms with Crippen LogP contribution in [0, 0.1) is 24.4 Å². The number of imidazole rings is 1. The van der Waals surface area contributed by atoms with Crippen molar-refractivity contribution in [1.29, 1.82) is 0 Å². The van der Waals surface area contributed by atoms with Gasteiger partial charge < -0.3 is 18.4 Å². The van der Waals surface area contributed by atoms with E-state index in [9.17, 15) is 0 Å². The fourth-order valence-corrected chi connectivity index (χ4v) is 9.32. The van der Waals surface area contributed by atoms with Crippen molar-refractivity contribution in [2.24, 2.45) is 5.92 Å². The predicted molar refractivity (Wildman–Crippen MR) is 284 cm³/mol. The van der Waals surface area contributed by atoms with E-state index in [2.05, 4.69) is 32.3 Å². The second kappa shape index (κ2) is 18.2. The first-order valence-corrected chi connectivity index (χ1v) is 22.4. The Morgan fingerprint density at radius 1 is 0.577 bits per heavy atom. The monoisotopic (exact) mass is 1110 g/mol. The van der Waals surface area contributed by atoms with Crippen LogP contribution in [0.25, 0.3) is 99.8 Å². The Morgan fingerprint density at radius 2 is 1.24 bits per heavy atom. The molecule has 0 N–H and O–H groups in total. The van der Waals surface area contributed by atoms with Crippen LogP contribution >= 0.6 is 0 Å². The Morgan fingerprint density at radius 3 is 1.96 bits per heavy atom. The summed E-state index contributed by atoms with van der Waals surface area (Å²) in [5, 5.41) is 1.21. The van der Waals surface area contributed by atoms with Gasteiger partial charge in [-0.25, -0.2) is 4.98 Å². The average molecular weight is 1110 g/mol. The van der Waals surface area contributed by atoms with E-state index in [0.717, 1.165) is 12.0 Å². The van der Waals surface area contributed by atoms with Gasteiger partial charge in [0.25, 0.3) is 6.33 Å². The van der Waals surface area contributed by atoms with Gasteiger partial charge in [0.15, 0.2) is 0 Å². The second-order valence-corrected chi connectivity index (χ2v) is 17.0. The number of ether oxygens (including phenoxy) is 1. The number of aromatic nitrogens is 5. The van der Waals surface area contributed by atoms with E-state index < -0.39 is 109 Å². The van der Waals surface area contributed by atoms with Gasteiger partial charge in [-0.3, -0.25) is 4.57 Å². The Kier molecular flexibility index (Phi) is 7.28. The number of rotatable bonds is 10.